The summed E-state index contributed by atoms with van der Waals surface area (Å²) in [4.78, 5) is 1.98. The molecule has 1 heterocycles. The van der Waals surface area contributed by atoms with Crippen molar-refractivity contribution in [2.45, 2.75) is 17.2 Å². The summed E-state index contributed by atoms with van der Waals surface area (Å²) in [5, 5.41) is 9.16. The second kappa shape index (κ2) is 7.03. The van der Waals surface area contributed by atoms with Crippen molar-refractivity contribution in [3.8, 4) is 0 Å². The Morgan fingerprint density at radius 3 is 2.73 bits per heavy atom. The molecule has 0 spiro atoms. The first kappa shape index (κ1) is 12.7. The fourth-order valence-corrected chi connectivity index (χ4v) is 2.78. The predicted octanol–water partition coefficient (Wildman–Crippen LogP) is 2.12. The molecule has 0 aliphatic carbocycles. The highest BCUT2D eigenvalue weighted by molar-refractivity contribution is 8.01. The number of rotatable bonds is 7. The van der Waals surface area contributed by atoms with Crippen LogP contribution in [0.3, 0.4) is 0 Å². The molecule has 0 fully saturated rings. The molecule has 0 unspecified atom stereocenters. The van der Waals surface area contributed by atoms with Crippen LogP contribution in [-0.4, -0.2) is 43.8 Å². The summed E-state index contributed by atoms with van der Waals surface area (Å²) >= 11 is 3.41. The van der Waals surface area contributed by atoms with Crippen LogP contribution in [0.5, 0.6) is 0 Å². The summed E-state index contributed by atoms with van der Waals surface area (Å²) in [6.07, 6.45) is 2.28. The number of anilines is 1. The van der Waals surface area contributed by atoms with Gasteiger partial charge in [0, 0.05) is 33.6 Å². The van der Waals surface area contributed by atoms with E-state index < -0.39 is 0 Å². The number of hydrogen-bond acceptors (Lipinski definition) is 6. The van der Waals surface area contributed by atoms with Gasteiger partial charge >= 0.3 is 0 Å². The van der Waals surface area contributed by atoms with Gasteiger partial charge in [-0.1, -0.05) is 23.1 Å². The number of methoxy groups -OCH3 is 1. The third-order valence-corrected chi connectivity index (χ3v) is 4.06. The molecule has 0 radical (unpaired) electrons. The van der Waals surface area contributed by atoms with Gasteiger partial charge in [0.2, 0.25) is 5.13 Å². The summed E-state index contributed by atoms with van der Waals surface area (Å²) in [6.45, 7) is 0.847. The third kappa shape index (κ3) is 4.81. The molecule has 15 heavy (non-hydrogen) atoms. The second-order valence-corrected chi connectivity index (χ2v) is 5.59. The van der Waals surface area contributed by atoms with Crippen molar-refractivity contribution in [2.24, 2.45) is 0 Å². The lowest BCUT2D eigenvalue weighted by Crippen LogP contribution is -2.07. The van der Waals surface area contributed by atoms with E-state index in [9.17, 15) is 0 Å². The zero-order valence-corrected chi connectivity index (χ0v) is 11.0. The van der Waals surface area contributed by atoms with Crippen LogP contribution < -0.4 is 4.90 Å². The average Bonchev–Trinajstić information content (AvgIpc) is 2.66. The summed E-state index contributed by atoms with van der Waals surface area (Å²) in [5.74, 6) is 1.09. The van der Waals surface area contributed by atoms with Gasteiger partial charge in [0.25, 0.3) is 0 Å². The first-order valence-corrected chi connectivity index (χ1v) is 6.67. The molecule has 0 aliphatic rings. The summed E-state index contributed by atoms with van der Waals surface area (Å²) < 4.78 is 6.04. The van der Waals surface area contributed by atoms with E-state index in [-0.39, 0.29) is 0 Å². The monoisotopic (exact) mass is 247 g/mol. The summed E-state index contributed by atoms with van der Waals surface area (Å²) in [7, 11) is 5.70. The zero-order chi connectivity index (χ0) is 11.1. The molecule has 1 aromatic heterocycles. The molecule has 0 atom stereocenters. The van der Waals surface area contributed by atoms with Crippen molar-refractivity contribution >= 4 is 28.2 Å². The molecular formula is C9H17N3OS2. The van der Waals surface area contributed by atoms with Crippen molar-refractivity contribution in [3.05, 3.63) is 0 Å². The van der Waals surface area contributed by atoms with Crippen molar-refractivity contribution in [3.63, 3.8) is 0 Å². The van der Waals surface area contributed by atoms with E-state index in [1.54, 1.807) is 30.2 Å². The average molecular weight is 247 g/mol. The quantitative estimate of drug-likeness (QED) is 0.545. The molecule has 0 aromatic carbocycles. The van der Waals surface area contributed by atoms with Crippen molar-refractivity contribution < 1.29 is 4.74 Å². The van der Waals surface area contributed by atoms with Gasteiger partial charge in [-0.3, -0.25) is 0 Å². The van der Waals surface area contributed by atoms with Gasteiger partial charge in [0.05, 0.1) is 0 Å². The van der Waals surface area contributed by atoms with Gasteiger partial charge in [-0.05, 0) is 12.8 Å². The molecule has 0 amide bonds. The van der Waals surface area contributed by atoms with Gasteiger partial charge in [-0.2, -0.15) is 0 Å². The summed E-state index contributed by atoms with van der Waals surface area (Å²) in [5.41, 5.74) is 0. The van der Waals surface area contributed by atoms with Crippen LogP contribution in [-0.2, 0) is 4.74 Å². The minimum atomic E-state index is 0.847. The number of thioether (sulfide) groups is 1. The first-order valence-electron chi connectivity index (χ1n) is 4.86. The number of aromatic nitrogens is 2. The molecule has 1 rings (SSSR count). The topological polar surface area (TPSA) is 38.3 Å². The first-order chi connectivity index (χ1) is 7.24. The maximum absolute atomic E-state index is 4.99. The Bertz CT molecular complexity index is 278. The third-order valence-electron chi connectivity index (χ3n) is 1.75. The largest absolute Gasteiger partial charge is 0.385 e. The van der Waals surface area contributed by atoms with Crippen molar-refractivity contribution in [1.82, 2.24) is 10.2 Å². The highest BCUT2D eigenvalue weighted by atomic mass is 32.2. The van der Waals surface area contributed by atoms with Crippen LogP contribution in [0.4, 0.5) is 5.13 Å². The Labute approximate surface area is 99.0 Å². The van der Waals surface area contributed by atoms with Crippen molar-refractivity contribution in [1.29, 1.82) is 0 Å². The van der Waals surface area contributed by atoms with Crippen LogP contribution in [0.2, 0.25) is 0 Å². The molecule has 86 valence electrons. The van der Waals surface area contributed by atoms with Gasteiger partial charge < -0.3 is 9.64 Å². The van der Waals surface area contributed by atoms with E-state index in [0.29, 0.717) is 0 Å². The fraction of sp³-hybridized carbons (Fsp3) is 0.778. The van der Waals surface area contributed by atoms with Crippen LogP contribution in [0.15, 0.2) is 4.34 Å². The van der Waals surface area contributed by atoms with Crippen LogP contribution in [0.25, 0.3) is 0 Å². The smallest absolute Gasteiger partial charge is 0.208 e. The number of hydrogen-bond donors (Lipinski definition) is 0. The van der Waals surface area contributed by atoms with Gasteiger partial charge in [0.1, 0.15) is 0 Å². The molecule has 1 aromatic rings. The maximum atomic E-state index is 4.99. The van der Waals surface area contributed by atoms with Crippen LogP contribution >= 0.6 is 23.1 Å². The van der Waals surface area contributed by atoms with E-state index >= 15 is 0 Å². The van der Waals surface area contributed by atoms with Crippen LogP contribution in [0, 0.1) is 0 Å². The standard InChI is InChI=1S/C9H17N3OS2/c1-12(2)8-10-11-9(15-8)14-7-5-4-6-13-3/h4-7H2,1-3H3. The molecular weight excluding hydrogens is 230 g/mol. The Kier molecular flexibility index (Phi) is 5.97. The Balaban J connectivity index is 2.20. The maximum Gasteiger partial charge on any atom is 0.208 e. The van der Waals surface area contributed by atoms with E-state index in [1.807, 2.05) is 19.0 Å². The number of nitrogens with zero attached hydrogens (tertiary/aromatic N) is 3. The molecule has 0 aliphatic heterocycles. The molecule has 0 saturated heterocycles. The molecule has 4 nitrogen and oxygen atoms in total. The lowest BCUT2D eigenvalue weighted by atomic mass is 10.4. The Morgan fingerprint density at radius 2 is 2.13 bits per heavy atom. The van der Waals surface area contributed by atoms with E-state index in [2.05, 4.69) is 10.2 Å². The minimum Gasteiger partial charge on any atom is -0.385 e. The van der Waals surface area contributed by atoms with Gasteiger partial charge in [-0.25, -0.2) is 0 Å². The normalized spacial score (nSPS) is 10.6. The van der Waals surface area contributed by atoms with E-state index in [4.69, 9.17) is 4.74 Å². The molecule has 6 heteroatoms. The van der Waals surface area contributed by atoms with Crippen molar-refractivity contribution in [2.75, 3.05) is 38.5 Å². The fourth-order valence-electron chi connectivity index (χ4n) is 0.950. The van der Waals surface area contributed by atoms with Crippen LogP contribution in [0.1, 0.15) is 12.8 Å². The molecule has 0 bridgehead atoms. The lowest BCUT2D eigenvalue weighted by Gasteiger charge is -2.03. The number of unbranched alkanes of at least 4 members (excludes halogenated alkanes) is 1. The predicted molar refractivity (Wildman–Crippen MR) is 66.1 cm³/mol. The van der Waals surface area contributed by atoms with E-state index in [0.717, 1.165) is 34.7 Å². The minimum absolute atomic E-state index is 0.847. The Morgan fingerprint density at radius 1 is 1.33 bits per heavy atom. The molecule has 0 N–H and O–H groups in total. The second-order valence-electron chi connectivity index (χ2n) is 3.29. The highest BCUT2D eigenvalue weighted by Crippen LogP contribution is 2.27. The zero-order valence-electron chi connectivity index (χ0n) is 9.39. The lowest BCUT2D eigenvalue weighted by molar-refractivity contribution is 0.194. The SMILES string of the molecule is COCCCCSc1nnc(N(C)C)s1. The van der Waals surface area contributed by atoms with E-state index in [1.165, 1.54) is 0 Å². The highest BCUT2D eigenvalue weighted by Gasteiger charge is 2.05. The Hall–Kier alpha value is -0.330. The number of ether oxygens (including phenoxy) is 1. The van der Waals surface area contributed by atoms with Gasteiger partial charge in [-0.15, -0.1) is 10.2 Å². The molecule has 0 saturated carbocycles. The van der Waals surface area contributed by atoms with Gasteiger partial charge in [0.15, 0.2) is 4.34 Å². The summed E-state index contributed by atoms with van der Waals surface area (Å²) in [6, 6.07) is 0.